The lowest BCUT2D eigenvalue weighted by Gasteiger charge is -2.14. The topological polar surface area (TPSA) is 41.1 Å². The molecule has 0 radical (unpaired) electrons. The molecule has 2 aromatic carbocycles. The maximum Gasteiger partial charge on any atom is 0.416 e. The van der Waals surface area contributed by atoms with E-state index in [-0.39, 0.29) is 30.7 Å². The molecule has 7 heteroatoms. The number of alkyl halides is 3. The van der Waals surface area contributed by atoms with Gasteiger partial charge in [0.15, 0.2) is 0 Å². The van der Waals surface area contributed by atoms with Crippen molar-refractivity contribution in [3.8, 4) is 0 Å². The van der Waals surface area contributed by atoms with Crippen LogP contribution in [0.1, 0.15) is 47.1 Å². The van der Waals surface area contributed by atoms with Crippen molar-refractivity contribution in [3.63, 3.8) is 0 Å². The predicted molar refractivity (Wildman–Crippen MR) is 101 cm³/mol. The monoisotopic (exact) mass is 398 g/mol. The number of rotatable bonds is 5. The van der Waals surface area contributed by atoms with Crippen LogP contribution in [0.3, 0.4) is 0 Å². The van der Waals surface area contributed by atoms with E-state index in [2.05, 4.69) is 22.8 Å². The van der Waals surface area contributed by atoms with Gasteiger partial charge in [0, 0.05) is 26.1 Å². The molecule has 1 atom stereocenters. The summed E-state index contributed by atoms with van der Waals surface area (Å²) in [5, 5.41) is 6.17. The number of nitrogens with one attached hydrogen (secondary N) is 2. The molecule has 0 aliphatic carbocycles. The number of fused-ring (bicyclic) bond motifs is 1. The molecular formula is C20H22ClF3N2O. The molecule has 0 aromatic heterocycles. The standard InChI is InChI=1S/C20H21F3N2O.ClH/c1-13(15-4-6-18(7-5-15)20(21,22)23)8-19(26)25-10-14-2-3-16-11-24-12-17(16)9-14;/h2-7,9,13,24H,8,10-12H2,1H3,(H,25,26);1H. The zero-order valence-electron chi connectivity index (χ0n) is 14.9. The van der Waals surface area contributed by atoms with Gasteiger partial charge in [0.25, 0.3) is 0 Å². The van der Waals surface area contributed by atoms with Crippen molar-refractivity contribution in [1.82, 2.24) is 10.6 Å². The minimum atomic E-state index is -4.34. The Labute approximate surface area is 162 Å². The van der Waals surface area contributed by atoms with E-state index in [1.165, 1.54) is 23.3 Å². The van der Waals surface area contributed by atoms with E-state index in [9.17, 15) is 18.0 Å². The molecule has 1 unspecified atom stereocenters. The van der Waals surface area contributed by atoms with Crippen LogP contribution in [0.4, 0.5) is 13.2 Å². The van der Waals surface area contributed by atoms with Crippen molar-refractivity contribution in [2.75, 3.05) is 0 Å². The van der Waals surface area contributed by atoms with Gasteiger partial charge in [-0.3, -0.25) is 4.79 Å². The third kappa shape index (κ3) is 5.47. The maximum atomic E-state index is 12.6. The highest BCUT2D eigenvalue weighted by Crippen LogP contribution is 2.30. The Hall–Kier alpha value is -2.05. The molecule has 27 heavy (non-hydrogen) atoms. The average Bonchev–Trinajstić information content (AvgIpc) is 3.07. The molecule has 0 fully saturated rings. The summed E-state index contributed by atoms with van der Waals surface area (Å²) in [5.74, 6) is -0.266. The summed E-state index contributed by atoms with van der Waals surface area (Å²) in [5.41, 5.74) is 3.63. The van der Waals surface area contributed by atoms with Gasteiger partial charge in [-0.2, -0.15) is 13.2 Å². The van der Waals surface area contributed by atoms with Gasteiger partial charge < -0.3 is 10.6 Å². The first kappa shape index (κ1) is 21.3. The lowest BCUT2D eigenvalue weighted by Crippen LogP contribution is -2.24. The lowest BCUT2D eigenvalue weighted by molar-refractivity contribution is -0.137. The molecule has 1 heterocycles. The molecule has 1 aliphatic heterocycles. The summed E-state index contributed by atoms with van der Waals surface area (Å²) >= 11 is 0. The van der Waals surface area contributed by atoms with Crippen LogP contribution in [0, 0.1) is 0 Å². The SMILES string of the molecule is CC(CC(=O)NCc1ccc2c(c1)CNC2)c1ccc(C(F)(F)F)cc1.Cl. The highest BCUT2D eigenvalue weighted by atomic mass is 35.5. The van der Waals surface area contributed by atoms with Crippen LogP contribution in [0.2, 0.25) is 0 Å². The second-order valence-corrected chi connectivity index (χ2v) is 6.71. The zero-order chi connectivity index (χ0) is 18.7. The molecule has 0 bridgehead atoms. The van der Waals surface area contributed by atoms with E-state index in [1.54, 1.807) is 0 Å². The highest BCUT2D eigenvalue weighted by molar-refractivity contribution is 5.85. The van der Waals surface area contributed by atoms with E-state index in [4.69, 9.17) is 0 Å². The highest BCUT2D eigenvalue weighted by Gasteiger charge is 2.30. The molecule has 0 saturated heterocycles. The largest absolute Gasteiger partial charge is 0.416 e. The second kappa shape index (κ2) is 8.76. The van der Waals surface area contributed by atoms with Crippen LogP contribution in [0.25, 0.3) is 0 Å². The summed E-state index contributed by atoms with van der Waals surface area (Å²) in [6.07, 6.45) is -4.11. The first-order valence-corrected chi connectivity index (χ1v) is 8.58. The van der Waals surface area contributed by atoms with Gasteiger partial charge in [0.2, 0.25) is 5.91 Å². The van der Waals surface area contributed by atoms with Gasteiger partial charge >= 0.3 is 6.18 Å². The lowest BCUT2D eigenvalue weighted by atomic mass is 9.96. The van der Waals surface area contributed by atoms with Crippen LogP contribution in [0.5, 0.6) is 0 Å². The minimum absolute atomic E-state index is 0. The van der Waals surface area contributed by atoms with Crippen LogP contribution >= 0.6 is 12.4 Å². The van der Waals surface area contributed by atoms with Crippen molar-refractivity contribution in [2.45, 2.75) is 45.1 Å². The van der Waals surface area contributed by atoms with Crippen LogP contribution in [-0.2, 0) is 30.6 Å². The van der Waals surface area contributed by atoms with Crippen molar-refractivity contribution < 1.29 is 18.0 Å². The zero-order valence-corrected chi connectivity index (χ0v) is 15.7. The Morgan fingerprint density at radius 1 is 1.11 bits per heavy atom. The van der Waals surface area contributed by atoms with Gasteiger partial charge in [-0.25, -0.2) is 0 Å². The molecule has 0 saturated carbocycles. The molecule has 2 aromatic rings. The fourth-order valence-corrected chi connectivity index (χ4v) is 3.13. The van der Waals surface area contributed by atoms with E-state index in [0.29, 0.717) is 6.54 Å². The molecule has 1 amide bonds. The molecule has 1 aliphatic rings. The number of carbonyl (C=O) groups excluding carboxylic acids is 1. The van der Waals surface area contributed by atoms with Gasteiger partial charge in [-0.05, 0) is 40.3 Å². The van der Waals surface area contributed by atoms with Crippen molar-refractivity contribution in [3.05, 3.63) is 70.3 Å². The number of halogens is 4. The summed E-state index contributed by atoms with van der Waals surface area (Å²) in [6, 6.07) is 11.2. The van der Waals surface area contributed by atoms with Gasteiger partial charge in [0.1, 0.15) is 0 Å². The first-order chi connectivity index (χ1) is 12.3. The Balaban J connectivity index is 0.00000261. The summed E-state index contributed by atoms with van der Waals surface area (Å²) in [6.45, 7) is 4.02. The molecule has 0 spiro atoms. The van der Waals surface area contributed by atoms with E-state index in [1.807, 2.05) is 13.0 Å². The van der Waals surface area contributed by atoms with Crippen molar-refractivity contribution in [2.24, 2.45) is 0 Å². The fourth-order valence-electron chi connectivity index (χ4n) is 3.13. The maximum absolute atomic E-state index is 12.6. The van der Waals surface area contributed by atoms with E-state index < -0.39 is 11.7 Å². The number of hydrogen-bond acceptors (Lipinski definition) is 2. The van der Waals surface area contributed by atoms with Gasteiger partial charge in [0.05, 0.1) is 5.56 Å². The Kier molecular flexibility index (Phi) is 6.89. The number of carbonyl (C=O) groups is 1. The van der Waals surface area contributed by atoms with Crippen LogP contribution in [-0.4, -0.2) is 5.91 Å². The van der Waals surface area contributed by atoms with Crippen molar-refractivity contribution >= 4 is 18.3 Å². The molecule has 3 rings (SSSR count). The number of hydrogen-bond donors (Lipinski definition) is 2. The first-order valence-electron chi connectivity index (χ1n) is 8.58. The minimum Gasteiger partial charge on any atom is -0.352 e. The summed E-state index contributed by atoms with van der Waals surface area (Å²) in [4.78, 5) is 12.2. The third-order valence-corrected chi connectivity index (χ3v) is 4.69. The molecule has 146 valence electrons. The third-order valence-electron chi connectivity index (χ3n) is 4.69. The Morgan fingerprint density at radius 3 is 2.44 bits per heavy atom. The average molecular weight is 399 g/mol. The fraction of sp³-hybridized carbons (Fsp3) is 0.350. The van der Waals surface area contributed by atoms with E-state index in [0.717, 1.165) is 36.3 Å². The molecule has 2 N–H and O–H groups in total. The predicted octanol–water partition coefficient (Wildman–Crippen LogP) is 4.54. The smallest absolute Gasteiger partial charge is 0.352 e. The van der Waals surface area contributed by atoms with Gasteiger partial charge in [-0.1, -0.05) is 37.3 Å². The van der Waals surface area contributed by atoms with Crippen LogP contribution in [0.15, 0.2) is 42.5 Å². The Bertz CT molecular complexity index is 791. The van der Waals surface area contributed by atoms with Gasteiger partial charge in [-0.15, -0.1) is 12.4 Å². The second-order valence-electron chi connectivity index (χ2n) is 6.71. The van der Waals surface area contributed by atoms with Crippen molar-refractivity contribution in [1.29, 1.82) is 0 Å². The molecule has 3 nitrogen and oxygen atoms in total. The summed E-state index contributed by atoms with van der Waals surface area (Å²) < 4.78 is 37.8. The number of benzene rings is 2. The molecular weight excluding hydrogens is 377 g/mol. The Morgan fingerprint density at radius 2 is 1.78 bits per heavy atom. The number of amides is 1. The van der Waals surface area contributed by atoms with E-state index >= 15 is 0 Å². The summed E-state index contributed by atoms with van der Waals surface area (Å²) in [7, 11) is 0. The van der Waals surface area contributed by atoms with Crippen LogP contribution < -0.4 is 10.6 Å². The quantitative estimate of drug-likeness (QED) is 0.776. The normalized spacial score (nSPS) is 14.2.